The highest BCUT2D eigenvalue weighted by atomic mass is 16.1. The van der Waals surface area contributed by atoms with Crippen LogP contribution in [0.5, 0.6) is 0 Å². The van der Waals surface area contributed by atoms with E-state index < -0.39 is 0 Å². The van der Waals surface area contributed by atoms with Crippen LogP contribution in [0.1, 0.15) is 47.8 Å². The summed E-state index contributed by atoms with van der Waals surface area (Å²) in [6.07, 6.45) is 10.4. The molecule has 0 atom stereocenters. The number of carbonyl (C=O) groups is 1. The number of ketones is 1. The van der Waals surface area contributed by atoms with Crippen molar-refractivity contribution in [3.8, 4) is 11.1 Å². The lowest BCUT2D eigenvalue weighted by Crippen LogP contribution is -2.12. The number of hydrogen-bond donors (Lipinski definition) is 0. The van der Waals surface area contributed by atoms with Crippen molar-refractivity contribution in [2.45, 2.75) is 31.6 Å². The van der Waals surface area contributed by atoms with Gasteiger partial charge in [-0.3, -0.25) is 14.2 Å². The largest absolute Gasteiger partial charge is 0.294 e. The zero-order chi connectivity index (χ0) is 21.7. The molecule has 0 aliphatic heterocycles. The van der Waals surface area contributed by atoms with E-state index in [9.17, 15) is 4.79 Å². The maximum atomic E-state index is 12.2. The summed E-state index contributed by atoms with van der Waals surface area (Å²) < 4.78 is 2.12. The third kappa shape index (κ3) is 2.93. The first kappa shape index (κ1) is 18.9. The first-order chi connectivity index (χ1) is 15.7. The summed E-state index contributed by atoms with van der Waals surface area (Å²) in [5, 5.41) is 1.15. The molecule has 0 amide bonds. The Morgan fingerprint density at radius 2 is 1.84 bits per heavy atom. The van der Waals surface area contributed by atoms with E-state index in [2.05, 4.69) is 49.8 Å². The van der Waals surface area contributed by atoms with Gasteiger partial charge in [-0.2, -0.15) is 0 Å². The second kappa shape index (κ2) is 7.09. The second-order valence-electron chi connectivity index (χ2n) is 8.51. The molecule has 3 aromatic heterocycles. The minimum Gasteiger partial charge on any atom is -0.294 e. The number of carbonyl (C=O) groups excluding carboxylic acids is 1. The molecule has 0 N–H and O–H groups in total. The molecule has 1 aliphatic carbocycles. The van der Waals surface area contributed by atoms with Gasteiger partial charge in [0.25, 0.3) is 0 Å². The van der Waals surface area contributed by atoms with E-state index >= 15 is 0 Å². The maximum Gasteiger partial charge on any atom is 0.233 e. The van der Waals surface area contributed by atoms with E-state index in [1.54, 1.807) is 0 Å². The number of imidazole rings is 1. The Kier molecular flexibility index (Phi) is 4.18. The van der Waals surface area contributed by atoms with E-state index in [1.165, 1.54) is 5.56 Å². The van der Waals surface area contributed by atoms with E-state index in [0.29, 0.717) is 12.2 Å². The Morgan fingerprint density at radius 1 is 0.969 bits per heavy atom. The Labute approximate surface area is 185 Å². The van der Waals surface area contributed by atoms with Crippen molar-refractivity contribution in [1.29, 1.82) is 0 Å². The highest BCUT2D eigenvalue weighted by Gasteiger charge is 2.48. The number of rotatable bonds is 5. The van der Waals surface area contributed by atoms with Crippen molar-refractivity contribution in [1.82, 2.24) is 19.4 Å². The average molecular weight is 419 g/mol. The number of Topliss-reactive ketones (excluding diaryl/α,β-unsaturated/α-hetero) is 1. The molecule has 5 heteroatoms. The van der Waals surface area contributed by atoms with Gasteiger partial charge in [0, 0.05) is 46.9 Å². The Balaban J connectivity index is 1.46. The summed E-state index contributed by atoms with van der Waals surface area (Å²) in [6.45, 7) is 1.89. The standard InChI is InChI=1S/C27H22N4O/c1-2-24(32)20-6-3-5-18(13-20)21-15-29-26-30-16-25(31(26)17-21)27(10-11-27)22-8-9-23-19(14-22)7-4-12-28-23/h3-9,12-17H,2,10-11H2,1H3. The van der Waals surface area contributed by atoms with Crippen molar-refractivity contribution in [2.75, 3.05) is 0 Å². The minimum atomic E-state index is -0.0518. The summed E-state index contributed by atoms with van der Waals surface area (Å²) in [5.41, 5.74) is 6.10. The van der Waals surface area contributed by atoms with E-state index in [1.807, 2.05) is 55.8 Å². The Morgan fingerprint density at radius 3 is 2.69 bits per heavy atom. The van der Waals surface area contributed by atoms with Crippen molar-refractivity contribution in [2.24, 2.45) is 0 Å². The molecule has 6 rings (SSSR count). The molecule has 0 bridgehead atoms. The first-order valence-corrected chi connectivity index (χ1v) is 11.0. The van der Waals surface area contributed by atoms with Crippen LogP contribution < -0.4 is 0 Å². The predicted molar refractivity (Wildman–Crippen MR) is 125 cm³/mol. The molecule has 1 fully saturated rings. The zero-order valence-electron chi connectivity index (χ0n) is 17.8. The fourth-order valence-electron chi connectivity index (χ4n) is 4.64. The molecular weight excluding hydrogens is 396 g/mol. The van der Waals surface area contributed by atoms with Gasteiger partial charge in [0.15, 0.2) is 5.78 Å². The van der Waals surface area contributed by atoms with Gasteiger partial charge in [0.05, 0.1) is 17.4 Å². The van der Waals surface area contributed by atoms with Crippen LogP contribution in [0.15, 0.2) is 79.4 Å². The zero-order valence-corrected chi connectivity index (χ0v) is 17.8. The van der Waals surface area contributed by atoms with Gasteiger partial charge < -0.3 is 0 Å². The summed E-state index contributed by atoms with van der Waals surface area (Å²) in [4.78, 5) is 25.8. The van der Waals surface area contributed by atoms with E-state index in [0.717, 1.165) is 46.1 Å². The number of fused-ring (bicyclic) bond motifs is 2. The van der Waals surface area contributed by atoms with Gasteiger partial charge in [0.2, 0.25) is 5.78 Å². The molecule has 3 heterocycles. The molecule has 0 unspecified atom stereocenters. The molecule has 5 aromatic rings. The predicted octanol–water partition coefficient (Wildman–Crippen LogP) is 5.62. The van der Waals surface area contributed by atoms with E-state index in [4.69, 9.17) is 0 Å². The highest BCUT2D eigenvalue weighted by Crippen LogP contribution is 2.53. The molecule has 2 aromatic carbocycles. The molecule has 0 spiro atoms. The third-order valence-corrected chi connectivity index (χ3v) is 6.60. The topological polar surface area (TPSA) is 60.2 Å². The molecule has 156 valence electrons. The van der Waals surface area contributed by atoms with Crippen LogP contribution in [0, 0.1) is 0 Å². The maximum absolute atomic E-state index is 12.2. The molecule has 1 saturated carbocycles. The number of pyridine rings is 1. The van der Waals surface area contributed by atoms with Crippen molar-refractivity contribution in [3.05, 3.63) is 96.2 Å². The fraction of sp³-hybridized carbons (Fsp3) is 0.185. The van der Waals surface area contributed by atoms with Gasteiger partial charge in [-0.15, -0.1) is 0 Å². The SMILES string of the molecule is CCC(=O)c1cccc(-c2cnc3ncc(C4(c5ccc6ncccc6c5)CC4)n3c2)c1. The van der Waals surface area contributed by atoms with Crippen LogP contribution in [0.2, 0.25) is 0 Å². The Hall–Kier alpha value is -3.86. The normalized spacial score (nSPS) is 14.7. The molecule has 0 radical (unpaired) electrons. The van der Waals surface area contributed by atoms with Gasteiger partial charge in [-0.05, 0) is 48.2 Å². The van der Waals surface area contributed by atoms with Crippen LogP contribution in [0.4, 0.5) is 0 Å². The van der Waals surface area contributed by atoms with Gasteiger partial charge in [-0.1, -0.05) is 37.3 Å². The van der Waals surface area contributed by atoms with Crippen LogP contribution in [-0.4, -0.2) is 25.1 Å². The van der Waals surface area contributed by atoms with Crippen LogP contribution >= 0.6 is 0 Å². The van der Waals surface area contributed by atoms with Gasteiger partial charge in [-0.25, -0.2) is 9.97 Å². The fourth-order valence-corrected chi connectivity index (χ4v) is 4.64. The minimum absolute atomic E-state index is 0.0518. The lowest BCUT2D eigenvalue weighted by molar-refractivity contribution is 0.0988. The van der Waals surface area contributed by atoms with Crippen molar-refractivity contribution in [3.63, 3.8) is 0 Å². The van der Waals surface area contributed by atoms with E-state index in [-0.39, 0.29) is 11.2 Å². The number of nitrogens with zero attached hydrogens (tertiary/aromatic N) is 4. The second-order valence-corrected chi connectivity index (χ2v) is 8.51. The Bertz CT molecular complexity index is 1500. The van der Waals surface area contributed by atoms with Crippen molar-refractivity contribution >= 4 is 22.5 Å². The number of hydrogen-bond acceptors (Lipinski definition) is 4. The molecule has 0 saturated heterocycles. The monoisotopic (exact) mass is 418 g/mol. The highest BCUT2D eigenvalue weighted by molar-refractivity contribution is 5.97. The average Bonchev–Trinajstić information content (AvgIpc) is 3.55. The summed E-state index contributed by atoms with van der Waals surface area (Å²) >= 11 is 0. The molecular formula is C27H22N4O. The summed E-state index contributed by atoms with van der Waals surface area (Å²) in [6, 6.07) is 18.4. The van der Waals surface area contributed by atoms with Crippen LogP contribution in [-0.2, 0) is 5.41 Å². The van der Waals surface area contributed by atoms with Crippen LogP contribution in [0.3, 0.4) is 0 Å². The lowest BCUT2D eigenvalue weighted by atomic mass is 9.91. The summed E-state index contributed by atoms with van der Waals surface area (Å²) in [5.74, 6) is 0.838. The quantitative estimate of drug-likeness (QED) is 0.348. The van der Waals surface area contributed by atoms with Crippen molar-refractivity contribution < 1.29 is 4.79 Å². The summed E-state index contributed by atoms with van der Waals surface area (Å²) in [7, 11) is 0. The first-order valence-electron chi connectivity index (χ1n) is 11.0. The molecule has 32 heavy (non-hydrogen) atoms. The lowest BCUT2D eigenvalue weighted by Gasteiger charge is -2.17. The molecule has 1 aliphatic rings. The molecule has 5 nitrogen and oxygen atoms in total. The van der Waals surface area contributed by atoms with Crippen LogP contribution in [0.25, 0.3) is 27.8 Å². The smallest absolute Gasteiger partial charge is 0.233 e. The third-order valence-electron chi connectivity index (χ3n) is 6.60. The number of aromatic nitrogens is 4. The van der Waals surface area contributed by atoms with Gasteiger partial charge >= 0.3 is 0 Å². The number of benzene rings is 2. The van der Waals surface area contributed by atoms with Gasteiger partial charge in [0.1, 0.15) is 0 Å².